The minimum atomic E-state index is 0.631. The summed E-state index contributed by atoms with van der Waals surface area (Å²) in [5.41, 5.74) is 2.04. The van der Waals surface area contributed by atoms with Gasteiger partial charge in [0, 0.05) is 21.7 Å². The van der Waals surface area contributed by atoms with Crippen molar-refractivity contribution in [2.75, 3.05) is 7.11 Å². The highest BCUT2D eigenvalue weighted by Crippen LogP contribution is 2.29. The summed E-state index contributed by atoms with van der Waals surface area (Å²) in [6.07, 6.45) is 1.74. The number of fused-ring (bicyclic) bond motifs is 1. The molecule has 0 aliphatic heterocycles. The largest absolute Gasteiger partial charge is 0.479 e. The van der Waals surface area contributed by atoms with Gasteiger partial charge in [-0.1, -0.05) is 0 Å². The molecule has 0 saturated carbocycles. The summed E-state index contributed by atoms with van der Waals surface area (Å²) in [5, 5.41) is 1.10. The monoisotopic (exact) mass is 240 g/mol. The zero-order valence-electron chi connectivity index (χ0n) is 7.39. The molecular weight excluding hydrogens is 232 g/mol. The Morgan fingerprint density at radius 3 is 3.00 bits per heavy atom. The van der Waals surface area contributed by atoms with Crippen LogP contribution in [0.5, 0.6) is 5.88 Å². The second kappa shape index (κ2) is 3.03. The molecule has 0 spiro atoms. The van der Waals surface area contributed by atoms with Crippen LogP contribution in [0.4, 0.5) is 0 Å². The Labute approximate surface area is 84.3 Å². The third-order valence-electron chi connectivity index (χ3n) is 1.91. The lowest BCUT2D eigenvalue weighted by molar-refractivity contribution is 0.402. The van der Waals surface area contributed by atoms with E-state index in [1.807, 2.05) is 6.92 Å². The number of hydrogen-bond acceptors (Lipinski definition) is 2. The topological polar surface area (TPSA) is 37.9 Å². The number of hydrogen-bond donors (Lipinski definition) is 1. The van der Waals surface area contributed by atoms with Crippen molar-refractivity contribution >= 4 is 26.8 Å². The second-order valence-corrected chi connectivity index (χ2v) is 3.71. The first kappa shape index (κ1) is 8.56. The predicted molar refractivity (Wildman–Crippen MR) is 55.1 cm³/mol. The van der Waals surface area contributed by atoms with Crippen LogP contribution in [-0.2, 0) is 0 Å². The number of aromatic nitrogens is 2. The van der Waals surface area contributed by atoms with Crippen LogP contribution in [-0.4, -0.2) is 17.1 Å². The minimum Gasteiger partial charge on any atom is -0.479 e. The molecule has 0 bridgehead atoms. The van der Waals surface area contributed by atoms with Crippen LogP contribution in [0.3, 0.4) is 0 Å². The number of aryl methyl sites for hydroxylation is 1. The van der Waals surface area contributed by atoms with E-state index in [0.717, 1.165) is 21.1 Å². The highest BCUT2D eigenvalue weighted by Gasteiger charge is 2.08. The van der Waals surface area contributed by atoms with Crippen molar-refractivity contribution < 1.29 is 4.74 Å². The van der Waals surface area contributed by atoms with Crippen molar-refractivity contribution in [3.05, 3.63) is 22.4 Å². The molecule has 0 aliphatic rings. The van der Waals surface area contributed by atoms with Crippen LogP contribution in [0.15, 0.2) is 16.7 Å². The lowest BCUT2D eigenvalue weighted by Crippen LogP contribution is -1.88. The molecule has 3 nitrogen and oxygen atoms in total. The Morgan fingerprint density at radius 2 is 2.31 bits per heavy atom. The second-order valence-electron chi connectivity index (χ2n) is 2.86. The lowest BCUT2D eigenvalue weighted by atomic mass is 10.3. The molecule has 13 heavy (non-hydrogen) atoms. The van der Waals surface area contributed by atoms with Gasteiger partial charge in [-0.15, -0.1) is 0 Å². The van der Waals surface area contributed by atoms with Crippen LogP contribution in [0.2, 0.25) is 0 Å². The number of H-pyrrole nitrogens is 1. The maximum absolute atomic E-state index is 5.13. The molecule has 0 saturated heterocycles. The van der Waals surface area contributed by atoms with Gasteiger partial charge < -0.3 is 9.72 Å². The van der Waals surface area contributed by atoms with Gasteiger partial charge in [0.1, 0.15) is 5.52 Å². The molecule has 2 aromatic rings. The first-order valence-electron chi connectivity index (χ1n) is 3.90. The van der Waals surface area contributed by atoms with Gasteiger partial charge >= 0.3 is 0 Å². The van der Waals surface area contributed by atoms with Crippen LogP contribution in [0.25, 0.3) is 10.9 Å². The number of nitrogens with one attached hydrogen (secondary N) is 1. The minimum absolute atomic E-state index is 0.631. The zero-order valence-corrected chi connectivity index (χ0v) is 8.97. The Kier molecular flexibility index (Phi) is 2.00. The summed E-state index contributed by atoms with van der Waals surface area (Å²) in [7, 11) is 1.62. The van der Waals surface area contributed by atoms with Crippen molar-refractivity contribution in [3.8, 4) is 5.88 Å². The van der Waals surface area contributed by atoms with E-state index in [1.54, 1.807) is 13.3 Å². The van der Waals surface area contributed by atoms with Gasteiger partial charge in [0.15, 0.2) is 0 Å². The number of methoxy groups -OCH3 is 1. The van der Waals surface area contributed by atoms with E-state index >= 15 is 0 Å². The number of halogens is 1. The van der Waals surface area contributed by atoms with Crippen molar-refractivity contribution in [1.82, 2.24) is 9.97 Å². The maximum atomic E-state index is 5.13. The van der Waals surface area contributed by atoms with Gasteiger partial charge in [-0.05, 0) is 28.9 Å². The summed E-state index contributed by atoms with van der Waals surface area (Å²) in [4.78, 5) is 7.34. The van der Waals surface area contributed by atoms with Gasteiger partial charge in [-0.25, -0.2) is 4.98 Å². The van der Waals surface area contributed by atoms with E-state index in [9.17, 15) is 0 Å². The van der Waals surface area contributed by atoms with E-state index in [-0.39, 0.29) is 0 Å². The fraction of sp³-hybridized carbons (Fsp3) is 0.222. The first-order valence-corrected chi connectivity index (χ1v) is 4.69. The van der Waals surface area contributed by atoms with Gasteiger partial charge in [-0.2, -0.15) is 0 Å². The number of rotatable bonds is 1. The molecule has 1 N–H and O–H groups in total. The van der Waals surface area contributed by atoms with Crippen molar-refractivity contribution in [2.45, 2.75) is 6.92 Å². The van der Waals surface area contributed by atoms with Crippen molar-refractivity contribution in [2.24, 2.45) is 0 Å². The van der Waals surface area contributed by atoms with Crippen LogP contribution in [0.1, 0.15) is 5.69 Å². The molecule has 68 valence electrons. The molecule has 0 fully saturated rings. The molecule has 2 rings (SSSR count). The summed E-state index contributed by atoms with van der Waals surface area (Å²) >= 11 is 3.44. The fourth-order valence-electron chi connectivity index (χ4n) is 1.35. The van der Waals surface area contributed by atoms with Gasteiger partial charge in [-0.3, -0.25) is 0 Å². The quantitative estimate of drug-likeness (QED) is 0.833. The number of pyridine rings is 1. The third kappa shape index (κ3) is 1.31. The highest BCUT2D eigenvalue weighted by molar-refractivity contribution is 9.10. The number of ether oxygens (including phenoxy) is 1. The standard InChI is InChI=1S/C9H9BrN2O/c1-5-3-6-7(10)4-11-9(13-2)8(6)12-5/h3-4,12H,1-2H3. The smallest absolute Gasteiger partial charge is 0.238 e. The zero-order chi connectivity index (χ0) is 9.42. The molecular formula is C9H9BrN2O. The third-order valence-corrected chi connectivity index (χ3v) is 2.54. The lowest BCUT2D eigenvalue weighted by Gasteiger charge is -2.00. The average Bonchev–Trinajstić information content (AvgIpc) is 2.48. The van der Waals surface area contributed by atoms with Crippen molar-refractivity contribution in [3.63, 3.8) is 0 Å². The van der Waals surface area contributed by atoms with Gasteiger partial charge in [0.05, 0.1) is 7.11 Å². The average molecular weight is 241 g/mol. The summed E-state index contributed by atoms with van der Waals surface area (Å²) in [6, 6.07) is 2.06. The predicted octanol–water partition coefficient (Wildman–Crippen LogP) is 2.64. The highest BCUT2D eigenvalue weighted by atomic mass is 79.9. The Balaban J connectivity index is 2.83. The van der Waals surface area contributed by atoms with E-state index < -0.39 is 0 Å². The van der Waals surface area contributed by atoms with E-state index in [1.165, 1.54) is 0 Å². The van der Waals surface area contributed by atoms with Crippen LogP contribution < -0.4 is 4.74 Å². The molecule has 0 unspecified atom stereocenters. The summed E-state index contributed by atoms with van der Waals surface area (Å²) in [5.74, 6) is 0.631. The van der Waals surface area contributed by atoms with Crippen LogP contribution >= 0.6 is 15.9 Å². The van der Waals surface area contributed by atoms with E-state index in [2.05, 4.69) is 32.0 Å². The van der Waals surface area contributed by atoms with Gasteiger partial charge in [0.2, 0.25) is 5.88 Å². The molecule has 0 amide bonds. The van der Waals surface area contributed by atoms with Crippen molar-refractivity contribution in [1.29, 1.82) is 0 Å². The maximum Gasteiger partial charge on any atom is 0.238 e. The summed E-state index contributed by atoms with van der Waals surface area (Å²) in [6.45, 7) is 2.01. The SMILES string of the molecule is COc1ncc(Br)c2cc(C)[nH]c12. The molecule has 4 heteroatoms. The van der Waals surface area contributed by atoms with Gasteiger partial charge in [0.25, 0.3) is 0 Å². The Hall–Kier alpha value is -1.03. The Bertz CT molecular complexity index is 450. The Morgan fingerprint density at radius 1 is 1.54 bits per heavy atom. The van der Waals surface area contributed by atoms with E-state index in [0.29, 0.717) is 5.88 Å². The molecule has 0 radical (unpaired) electrons. The molecule has 0 atom stereocenters. The fourth-order valence-corrected chi connectivity index (χ4v) is 1.77. The number of aromatic amines is 1. The summed E-state index contributed by atoms with van der Waals surface area (Å²) < 4.78 is 6.11. The molecule has 2 heterocycles. The molecule has 0 aliphatic carbocycles. The normalized spacial score (nSPS) is 10.7. The van der Waals surface area contributed by atoms with E-state index in [4.69, 9.17) is 4.74 Å². The number of nitrogens with zero attached hydrogens (tertiary/aromatic N) is 1. The first-order chi connectivity index (χ1) is 6.22. The van der Waals surface area contributed by atoms with Crippen LogP contribution in [0, 0.1) is 6.92 Å². The molecule has 0 aromatic carbocycles. The molecule has 2 aromatic heterocycles.